The van der Waals surface area contributed by atoms with Crippen molar-refractivity contribution in [3.63, 3.8) is 0 Å². The summed E-state index contributed by atoms with van der Waals surface area (Å²) in [5, 5.41) is 0. The van der Waals surface area contributed by atoms with Crippen molar-refractivity contribution in [2.45, 2.75) is 17.7 Å². The zero-order valence-electron chi connectivity index (χ0n) is 19.4. The zero-order valence-corrected chi connectivity index (χ0v) is 20.2. The van der Waals surface area contributed by atoms with Crippen LogP contribution in [0.25, 0.3) is 0 Å². The number of nitrogens with zero attached hydrogens (tertiary/aromatic N) is 1. The number of ether oxygens (including phenoxy) is 3. The van der Waals surface area contributed by atoms with Crippen LogP contribution < -0.4 is 13.8 Å². The number of para-hydroxylation sites is 1. The minimum absolute atomic E-state index is 0.00638. The molecule has 1 aliphatic rings. The van der Waals surface area contributed by atoms with Crippen LogP contribution in [0.15, 0.2) is 71.6 Å². The Morgan fingerprint density at radius 2 is 1.71 bits per heavy atom. The molecule has 182 valence electrons. The van der Waals surface area contributed by atoms with Gasteiger partial charge in [-0.05, 0) is 54.8 Å². The first-order valence-corrected chi connectivity index (χ1v) is 12.4. The molecule has 4 rings (SSSR count). The van der Waals surface area contributed by atoms with Gasteiger partial charge < -0.3 is 14.2 Å². The van der Waals surface area contributed by atoms with Crippen LogP contribution in [-0.2, 0) is 21.2 Å². The Bertz CT molecular complexity index is 1370. The Kier molecular flexibility index (Phi) is 7.07. The summed E-state index contributed by atoms with van der Waals surface area (Å²) < 4.78 is 44.2. The molecule has 0 saturated carbocycles. The summed E-state index contributed by atoms with van der Waals surface area (Å²) in [4.78, 5) is 25.0. The maximum Gasteiger partial charge on any atom is 0.338 e. The van der Waals surface area contributed by atoms with Gasteiger partial charge in [0.15, 0.2) is 12.4 Å². The van der Waals surface area contributed by atoms with Gasteiger partial charge in [-0.25, -0.2) is 13.2 Å². The predicted octanol–water partition coefficient (Wildman–Crippen LogP) is 3.89. The highest BCUT2D eigenvalue weighted by Crippen LogP contribution is 2.35. The minimum Gasteiger partial charge on any atom is -0.497 e. The number of aryl methyl sites for hydroxylation is 1. The van der Waals surface area contributed by atoms with Gasteiger partial charge in [0.25, 0.3) is 10.0 Å². The van der Waals surface area contributed by atoms with Gasteiger partial charge in [0.1, 0.15) is 16.4 Å². The van der Waals surface area contributed by atoms with E-state index >= 15 is 0 Å². The van der Waals surface area contributed by atoms with Crippen LogP contribution in [0.2, 0.25) is 0 Å². The summed E-state index contributed by atoms with van der Waals surface area (Å²) in [6.45, 7) is -0.189. The molecule has 0 saturated heterocycles. The second-order valence-electron chi connectivity index (χ2n) is 7.91. The van der Waals surface area contributed by atoms with Crippen molar-refractivity contribution in [3.05, 3.63) is 83.4 Å². The molecule has 35 heavy (non-hydrogen) atoms. The first kappa shape index (κ1) is 24.3. The van der Waals surface area contributed by atoms with E-state index in [9.17, 15) is 18.0 Å². The molecule has 8 nitrogen and oxygen atoms in total. The average Bonchev–Trinajstić information content (AvgIpc) is 2.90. The Hall–Kier alpha value is -3.85. The molecule has 0 N–H and O–H groups in total. The Labute approximate surface area is 204 Å². The first-order chi connectivity index (χ1) is 16.8. The molecule has 0 unspecified atom stereocenters. The molecular formula is C26H25NO7S. The highest BCUT2D eigenvalue weighted by atomic mass is 32.2. The summed E-state index contributed by atoms with van der Waals surface area (Å²) in [6, 6.07) is 17.9. The number of carbonyl (C=O) groups is 2. The van der Waals surface area contributed by atoms with Gasteiger partial charge in [-0.2, -0.15) is 0 Å². The third kappa shape index (κ3) is 5.00. The Morgan fingerprint density at radius 1 is 0.914 bits per heavy atom. The predicted molar refractivity (Wildman–Crippen MR) is 130 cm³/mol. The summed E-state index contributed by atoms with van der Waals surface area (Å²) >= 11 is 0. The maximum atomic E-state index is 13.6. The van der Waals surface area contributed by atoms with E-state index in [1.807, 2.05) is 12.1 Å². The monoisotopic (exact) mass is 495 g/mol. The lowest BCUT2D eigenvalue weighted by Crippen LogP contribution is -2.35. The lowest BCUT2D eigenvalue weighted by molar-refractivity contribution is 0.0474. The van der Waals surface area contributed by atoms with Gasteiger partial charge in [-0.1, -0.05) is 30.3 Å². The van der Waals surface area contributed by atoms with E-state index in [1.54, 1.807) is 36.4 Å². The molecule has 0 fully saturated rings. The van der Waals surface area contributed by atoms with Crippen molar-refractivity contribution in [1.82, 2.24) is 0 Å². The quantitative estimate of drug-likeness (QED) is 0.345. The summed E-state index contributed by atoms with van der Waals surface area (Å²) in [7, 11) is -1.18. The normalized spacial score (nSPS) is 13.0. The van der Waals surface area contributed by atoms with Crippen LogP contribution in [0.4, 0.5) is 5.69 Å². The van der Waals surface area contributed by atoms with Gasteiger partial charge >= 0.3 is 5.97 Å². The van der Waals surface area contributed by atoms with Crippen molar-refractivity contribution in [3.8, 4) is 11.5 Å². The van der Waals surface area contributed by atoms with Crippen LogP contribution in [0.5, 0.6) is 11.5 Å². The fourth-order valence-electron chi connectivity index (χ4n) is 3.97. The molecule has 0 spiro atoms. The number of rotatable bonds is 8. The second-order valence-corrected chi connectivity index (χ2v) is 9.74. The molecule has 1 aliphatic heterocycles. The molecular weight excluding hydrogens is 470 g/mol. The SMILES string of the molecule is COc1cccc(C(=O)COC(=O)c2ccc(OC)c(S(=O)(=O)N3CCCc4ccccc43)c2)c1. The molecule has 9 heteroatoms. The number of Topliss-reactive ketones (excluding diaryl/α,β-unsaturated/α-hetero) is 1. The van der Waals surface area contributed by atoms with Crippen LogP contribution >= 0.6 is 0 Å². The number of methoxy groups -OCH3 is 2. The Balaban J connectivity index is 1.58. The summed E-state index contributed by atoms with van der Waals surface area (Å²) in [5.41, 5.74) is 1.87. The summed E-state index contributed by atoms with van der Waals surface area (Å²) in [6.07, 6.45) is 1.46. The summed E-state index contributed by atoms with van der Waals surface area (Å²) in [5.74, 6) is -0.619. The zero-order chi connectivity index (χ0) is 25.0. The molecule has 3 aromatic carbocycles. The van der Waals surface area contributed by atoms with Crippen LogP contribution in [-0.4, -0.2) is 47.5 Å². The smallest absolute Gasteiger partial charge is 0.338 e. The van der Waals surface area contributed by atoms with E-state index in [-0.39, 0.29) is 16.2 Å². The molecule has 1 heterocycles. The number of ketones is 1. The van der Waals surface area contributed by atoms with Gasteiger partial charge in [0.2, 0.25) is 0 Å². The second kappa shape index (κ2) is 10.2. The number of esters is 1. The third-order valence-corrected chi connectivity index (χ3v) is 7.60. The van der Waals surface area contributed by atoms with Crippen molar-refractivity contribution >= 4 is 27.5 Å². The van der Waals surface area contributed by atoms with E-state index in [1.165, 1.54) is 36.7 Å². The number of carbonyl (C=O) groups excluding carboxylic acids is 2. The molecule has 0 atom stereocenters. The molecule has 3 aromatic rings. The molecule has 0 aliphatic carbocycles. The van der Waals surface area contributed by atoms with E-state index in [0.29, 0.717) is 30.0 Å². The number of hydrogen-bond donors (Lipinski definition) is 0. The number of fused-ring (bicyclic) bond motifs is 1. The third-order valence-electron chi connectivity index (χ3n) is 5.76. The standard InChI is InChI=1S/C26H25NO7S/c1-32-21-10-5-8-19(15-21)23(28)17-34-26(29)20-12-13-24(33-2)25(16-20)35(30,31)27-14-6-9-18-7-3-4-11-22(18)27/h3-5,7-8,10-13,15-16H,6,9,14,17H2,1-2H3. The fourth-order valence-corrected chi connectivity index (χ4v) is 5.69. The molecule has 0 bridgehead atoms. The lowest BCUT2D eigenvalue weighted by Gasteiger charge is -2.30. The van der Waals surface area contributed by atoms with E-state index in [2.05, 4.69) is 0 Å². The number of hydrogen-bond acceptors (Lipinski definition) is 7. The van der Waals surface area contributed by atoms with Crippen molar-refractivity contribution in [2.24, 2.45) is 0 Å². The molecule has 0 radical (unpaired) electrons. The van der Waals surface area contributed by atoms with E-state index < -0.39 is 28.4 Å². The van der Waals surface area contributed by atoms with Crippen molar-refractivity contribution in [2.75, 3.05) is 31.7 Å². The van der Waals surface area contributed by atoms with Crippen LogP contribution in [0.3, 0.4) is 0 Å². The lowest BCUT2D eigenvalue weighted by atomic mass is 10.0. The topological polar surface area (TPSA) is 99.2 Å². The first-order valence-electron chi connectivity index (χ1n) is 11.0. The van der Waals surface area contributed by atoms with Gasteiger partial charge in [0, 0.05) is 12.1 Å². The fraction of sp³-hybridized carbons (Fsp3) is 0.231. The van der Waals surface area contributed by atoms with Crippen molar-refractivity contribution in [1.29, 1.82) is 0 Å². The van der Waals surface area contributed by atoms with Crippen molar-refractivity contribution < 1.29 is 32.2 Å². The van der Waals surface area contributed by atoms with Crippen LogP contribution in [0.1, 0.15) is 32.7 Å². The maximum absolute atomic E-state index is 13.6. The highest BCUT2D eigenvalue weighted by Gasteiger charge is 2.32. The van der Waals surface area contributed by atoms with Gasteiger partial charge in [-0.3, -0.25) is 9.10 Å². The number of benzene rings is 3. The number of sulfonamides is 1. The molecule has 0 amide bonds. The Morgan fingerprint density at radius 3 is 2.49 bits per heavy atom. The number of anilines is 1. The highest BCUT2D eigenvalue weighted by molar-refractivity contribution is 7.93. The molecule has 0 aromatic heterocycles. The largest absolute Gasteiger partial charge is 0.497 e. The average molecular weight is 496 g/mol. The van der Waals surface area contributed by atoms with E-state index in [4.69, 9.17) is 14.2 Å². The van der Waals surface area contributed by atoms with Crippen LogP contribution in [0, 0.1) is 0 Å². The van der Waals surface area contributed by atoms with Gasteiger partial charge in [0.05, 0.1) is 25.5 Å². The minimum atomic E-state index is -4.04. The van der Waals surface area contributed by atoms with Gasteiger partial charge in [-0.15, -0.1) is 0 Å². The van der Waals surface area contributed by atoms with E-state index in [0.717, 1.165) is 12.0 Å².